The third kappa shape index (κ3) is 2.83. The van der Waals surface area contributed by atoms with Crippen LogP contribution in [-0.2, 0) is 6.42 Å². The molecule has 19 heavy (non-hydrogen) atoms. The number of aromatic nitrogens is 2. The number of thiazole rings is 1. The number of pyridine rings is 1. The highest BCUT2D eigenvalue weighted by Crippen LogP contribution is 2.25. The van der Waals surface area contributed by atoms with E-state index in [2.05, 4.69) is 39.7 Å². The lowest BCUT2D eigenvalue weighted by Crippen LogP contribution is -2.22. The van der Waals surface area contributed by atoms with Crippen LogP contribution in [0, 0.1) is 0 Å². The van der Waals surface area contributed by atoms with Crippen molar-refractivity contribution < 1.29 is 0 Å². The van der Waals surface area contributed by atoms with E-state index in [0.29, 0.717) is 6.04 Å². The zero-order chi connectivity index (χ0) is 13.1. The van der Waals surface area contributed by atoms with Gasteiger partial charge in [-0.15, -0.1) is 22.7 Å². The monoisotopic (exact) mass is 289 g/mol. The molecule has 0 aliphatic heterocycles. The summed E-state index contributed by atoms with van der Waals surface area (Å²) in [4.78, 5) is 9.98. The molecule has 1 unspecified atom stereocenters. The Bertz CT molecular complexity index is 646. The summed E-state index contributed by atoms with van der Waals surface area (Å²) in [7, 11) is 0. The van der Waals surface area contributed by atoms with Crippen molar-refractivity contribution in [2.24, 2.45) is 0 Å². The summed E-state index contributed by atoms with van der Waals surface area (Å²) in [6.07, 6.45) is 4.91. The lowest BCUT2D eigenvalue weighted by Gasteiger charge is -2.17. The lowest BCUT2D eigenvalue weighted by molar-refractivity contribution is 0.552. The second-order valence-corrected chi connectivity index (χ2v) is 6.27. The SMILES string of the molecule is CCNC(Cc1cncs1)c1cnc2ccsc2c1. The van der Waals surface area contributed by atoms with Crippen molar-refractivity contribution in [2.45, 2.75) is 19.4 Å². The van der Waals surface area contributed by atoms with Gasteiger partial charge in [-0.2, -0.15) is 0 Å². The van der Waals surface area contributed by atoms with Crippen LogP contribution in [-0.4, -0.2) is 16.5 Å². The molecule has 0 bridgehead atoms. The average Bonchev–Trinajstić information content (AvgIpc) is 3.08. The lowest BCUT2D eigenvalue weighted by atomic mass is 10.1. The van der Waals surface area contributed by atoms with Gasteiger partial charge in [0, 0.05) is 29.7 Å². The molecule has 3 heterocycles. The smallest absolute Gasteiger partial charge is 0.0809 e. The van der Waals surface area contributed by atoms with Crippen LogP contribution in [0.4, 0.5) is 0 Å². The zero-order valence-electron chi connectivity index (χ0n) is 10.7. The summed E-state index contributed by atoms with van der Waals surface area (Å²) in [6.45, 7) is 3.09. The summed E-state index contributed by atoms with van der Waals surface area (Å²) in [5.74, 6) is 0. The van der Waals surface area contributed by atoms with Crippen LogP contribution in [0.2, 0.25) is 0 Å². The highest BCUT2D eigenvalue weighted by molar-refractivity contribution is 7.17. The molecule has 0 radical (unpaired) electrons. The van der Waals surface area contributed by atoms with Gasteiger partial charge in [0.1, 0.15) is 0 Å². The molecule has 0 saturated carbocycles. The third-order valence-electron chi connectivity index (χ3n) is 3.07. The predicted octanol–water partition coefficient (Wildman–Crippen LogP) is 3.65. The van der Waals surface area contributed by atoms with E-state index in [1.165, 1.54) is 15.1 Å². The number of nitrogens with one attached hydrogen (secondary N) is 1. The van der Waals surface area contributed by atoms with E-state index in [-0.39, 0.29) is 0 Å². The van der Waals surface area contributed by atoms with Crippen molar-refractivity contribution >= 4 is 32.9 Å². The van der Waals surface area contributed by atoms with Crippen LogP contribution in [0.5, 0.6) is 0 Å². The van der Waals surface area contributed by atoms with Crippen LogP contribution in [0.15, 0.2) is 35.4 Å². The van der Waals surface area contributed by atoms with E-state index in [4.69, 9.17) is 0 Å². The Morgan fingerprint density at radius 3 is 3.05 bits per heavy atom. The van der Waals surface area contributed by atoms with Gasteiger partial charge in [0.2, 0.25) is 0 Å². The first-order chi connectivity index (χ1) is 9.36. The summed E-state index contributed by atoms with van der Waals surface area (Å²) >= 11 is 3.45. The van der Waals surface area contributed by atoms with Crippen LogP contribution >= 0.6 is 22.7 Å². The molecule has 0 aromatic carbocycles. The van der Waals surface area contributed by atoms with Crippen LogP contribution in [0.3, 0.4) is 0 Å². The van der Waals surface area contributed by atoms with Crippen LogP contribution in [0.25, 0.3) is 10.2 Å². The molecule has 5 heteroatoms. The summed E-state index contributed by atoms with van der Waals surface area (Å²) in [5.41, 5.74) is 4.23. The van der Waals surface area contributed by atoms with Crippen molar-refractivity contribution in [3.05, 3.63) is 45.9 Å². The van der Waals surface area contributed by atoms with Crippen molar-refractivity contribution in [2.75, 3.05) is 6.54 Å². The molecule has 98 valence electrons. The number of nitrogens with zero attached hydrogens (tertiary/aromatic N) is 2. The number of rotatable bonds is 5. The van der Waals surface area contributed by atoms with E-state index in [1.807, 2.05) is 17.9 Å². The zero-order valence-corrected chi connectivity index (χ0v) is 12.3. The van der Waals surface area contributed by atoms with Gasteiger partial charge in [0.25, 0.3) is 0 Å². The molecular weight excluding hydrogens is 274 g/mol. The maximum absolute atomic E-state index is 4.53. The molecule has 0 aliphatic carbocycles. The fourth-order valence-corrected chi connectivity index (χ4v) is 3.58. The normalized spacial score (nSPS) is 12.9. The van der Waals surface area contributed by atoms with E-state index in [1.54, 1.807) is 22.7 Å². The van der Waals surface area contributed by atoms with Gasteiger partial charge in [0.15, 0.2) is 0 Å². The Morgan fingerprint density at radius 1 is 1.32 bits per heavy atom. The highest BCUT2D eigenvalue weighted by atomic mass is 32.1. The molecule has 0 saturated heterocycles. The quantitative estimate of drug-likeness (QED) is 0.779. The Balaban J connectivity index is 1.89. The Hall–Kier alpha value is -1.30. The van der Waals surface area contributed by atoms with E-state index >= 15 is 0 Å². The van der Waals surface area contributed by atoms with E-state index in [9.17, 15) is 0 Å². The Kier molecular flexibility index (Phi) is 3.87. The molecule has 0 spiro atoms. The average molecular weight is 289 g/mol. The Labute approximate surface area is 120 Å². The van der Waals surface area contributed by atoms with Gasteiger partial charge in [-0.3, -0.25) is 9.97 Å². The molecule has 0 aliphatic rings. The molecule has 3 rings (SSSR count). The topological polar surface area (TPSA) is 37.8 Å². The standard InChI is InChI=1S/C14H15N3S2/c1-2-16-13(6-11-8-15-9-19-11)10-5-14-12(17-7-10)3-4-18-14/h3-5,7-9,13,16H,2,6H2,1H3. The largest absolute Gasteiger partial charge is 0.310 e. The van der Waals surface area contributed by atoms with Crippen molar-refractivity contribution in [1.29, 1.82) is 0 Å². The third-order valence-corrected chi connectivity index (χ3v) is 4.72. The molecule has 1 N–H and O–H groups in total. The van der Waals surface area contributed by atoms with Gasteiger partial charge in [-0.1, -0.05) is 6.92 Å². The molecular formula is C14H15N3S2. The van der Waals surface area contributed by atoms with E-state index < -0.39 is 0 Å². The number of thiophene rings is 1. The maximum atomic E-state index is 4.53. The van der Waals surface area contributed by atoms with Gasteiger partial charge in [0.05, 0.1) is 15.7 Å². The van der Waals surface area contributed by atoms with Gasteiger partial charge >= 0.3 is 0 Å². The molecule has 3 aromatic heterocycles. The number of fused-ring (bicyclic) bond motifs is 1. The summed E-state index contributed by atoms with van der Waals surface area (Å²) in [6, 6.07) is 4.63. The van der Waals surface area contributed by atoms with E-state index in [0.717, 1.165) is 18.5 Å². The maximum Gasteiger partial charge on any atom is 0.0809 e. The minimum absolute atomic E-state index is 0.310. The molecule has 0 amide bonds. The first-order valence-corrected chi connectivity index (χ1v) is 8.06. The molecule has 3 aromatic rings. The van der Waals surface area contributed by atoms with Crippen LogP contribution < -0.4 is 5.32 Å². The number of likely N-dealkylation sites (N-methyl/N-ethyl adjacent to an activating group) is 1. The molecule has 0 fully saturated rings. The molecule has 1 atom stereocenters. The number of hydrogen-bond acceptors (Lipinski definition) is 5. The summed E-state index contributed by atoms with van der Waals surface area (Å²) in [5, 5.41) is 5.63. The van der Waals surface area contributed by atoms with Crippen molar-refractivity contribution in [3.8, 4) is 0 Å². The van der Waals surface area contributed by atoms with Crippen molar-refractivity contribution in [1.82, 2.24) is 15.3 Å². The second-order valence-electron chi connectivity index (χ2n) is 4.35. The van der Waals surface area contributed by atoms with Crippen LogP contribution in [0.1, 0.15) is 23.4 Å². The molecule has 3 nitrogen and oxygen atoms in total. The van der Waals surface area contributed by atoms with Crippen molar-refractivity contribution in [3.63, 3.8) is 0 Å². The minimum Gasteiger partial charge on any atom is -0.310 e. The Morgan fingerprint density at radius 2 is 2.26 bits per heavy atom. The first kappa shape index (κ1) is 12.7. The predicted molar refractivity (Wildman–Crippen MR) is 81.9 cm³/mol. The summed E-state index contributed by atoms with van der Waals surface area (Å²) < 4.78 is 1.25. The van der Waals surface area contributed by atoms with Gasteiger partial charge < -0.3 is 5.32 Å². The fourth-order valence-electron chi connectivity index (χ4n) is 2.15. The first-order valence-electron chi connectivity index (χ1n) is 6.30. The number of hydrogen-bond donors (Lipinski definition) is 1. The second kappa shape index (κ2) is 5.77. The van der Waals surface area contributed by atoms with Gasteiger partial charge in [-0.05, 0) is 29.6 Å². The fraction of sp³-hybridized carbons (Fsp3) is 0.286. The highest BCUT2D eigenvalue weighted by Gasteiger charge is 2.13. The minimum atomic E-state index is 0.310. The van der Waals surface area contributed by atoms with Gasteiger partial charge in [-0.25, -0.2) is 0 Å².